The molecule has 132 valence electrons. The van der Waals surface area contributed by atoms with Crippen molar-refractivity contribution < 1.29 is 13.2 Å². The van der Waals surface area contributed by atoms with Crippen molar-refractivity contribution in [3.05, 3.63) is 76.9 Å². The number of rotatable bonds is 3. The van der Waals surface area contributed by atoms with Crippen molar-refractivity contribution in [2.24, 2.45) is 0 Å². The largest absolute Gasteiger partial charge is 0.294 e. The Balaban J connectivity index is 1.82. The Morgan fingerprint density at radius 1 is 1.00 bits per heavy atom. The van der Waals surface area contributed by atoms with Crippen LogP contribution in [0, 0.1) is 6.92 Å². The van der Waals surface area contributed by atoms with Crippen molar-refractivity contribution in [3.8, 4) is 0 Å². The van der Waals surface area contributed by atoms with Crippen LogP contribution >= 0.6 is 0 Å². The number of benzene rings is 3. The van der Waals surface area contributed by atoms with E-state index in [4.69, 9.17) is 0 Å². The first-order valence-electron chi connectivity index (χ1n) is 8.49. The molecule has 1 aliphatic heterocycles. The smallest absolute Gasteiger partial charge is 0.243 e. The van der Waals surface area contributed by atoms with E-state index in [0.717, 1.165) is 27.5 Å². The maximum atomic E-state index is 13.0. The van der Waals surface area contributed by atoms with Gasteiger partial charge in [-0.1, -0.05) is 42.0 Å². The van der Waals surface area contributed by atoms with Crippen molar-refractivity contribution >= 4 is 26.6 Å². The first-order chi connectivity index (χ1) is 12.4. The van der Waals surface area contributed by atoms with Gasteiger partial charge < -0.3 is 0 Å². The summed E-state index contributed by atoms with van der Waals surface area (Å²) in [6, 6.07) is 16.6. The number of Topliss-reactive ketones (excluding diaryl/α,β-unsaturated/α-hetero) is 1. The second-order valence-corrected chi connectivity index (χ2v) is 8.69. The van der Waals surface area contributed by atoms with Gasteiger partial charge in [-0.2, -0.15) is 4.31 Å². The standard InChI is InChI=1S/C21H19NO3S/c1-14-7-9-18(10-8-14)26(24,25)22-12-17-11-16-5-3-4-6-19(16)21(15(2)23)20(17)13-22/h3-11H,12-13H2,1-2H3. The number of nitrogens with zero attached hydrogens (tertiary/aromatic N) is 1. The van der Waals surface area contributed by atoms with E-state index in [0.29, 0.717) is 5.56 Å². The van der Waals surface area contributed by atoms with E-state index in [2.05, 4.69) is 0 Å². The van der Waals surface area contributed by atoms with Gasteiger partial charge in [-0.05, 0) is 53.9 Å². The van der Waals surface area contributed by atoms with Crippen molar-refractivity contribution in [1.29, 1.82) is 0 Å². The molecule has 26 heavy (non-hydrogen) atoms. The summed E-state index contributed by atoms with van der Waals surface area (Å²) in [5, 5.41) is 1.85. The van der Waals surface area contributed by atoms with E-state index in [1.54, 1.807) is 31.2 Å². The fraction of sp³-hybridized carbons (Fsp3) is 0.190. The molecule has 1 heterocycles. The maximum Gasteiger partial charge on any atom is 0.243 e. The predicted octanol–water partition coefficient (Wildman–Crippen LogP) is 4.06. The highest BCUT2D eigenvalue weighted by molar-refractivity contribution is 7.89. The topological polar surface area (TPSA) is 54.5 Å². The predicted molar refractivity (Wildman–Crippen MR) is 102 cm³/mol. The van der Waals surface area contributed by atoms with Crippen LogP contribution in [0.1, 0.15) is 34.0 Å². The molecule has 5 heteroatoms. The summed E-state index contributed by atoms with van der Waals surface area (Å²) in [5.41, 5.74) is 3.38. The van der Waals surface area contributed by atoms with Crippen molar-refractivity contribution in [1.82, 2.24) is 4.31 Å². The molecule has 3 aromatic carbocycles. The molecule has 0 N–H and O–H groups in total. The molecule has 4 rings (SSSR count). The number of hydrogen-bond acceptors (Lipinski definition) is 3. The Kier molecular flexibility index (Phi) is 3.93. The third-order valence-electron chi connectivity index (χ3n) is 4.94. The maximum absolute atomic E-state index is 13.0. The van der Waals surface area contributed by atoms with Gasteiger partial charge in [0.05, 0.1) is 4.90 Å². The molecule has 0 bridgehead atoms. The van der Waals surface area contributed by atoms with Crippen molar-refractivity contribution in [2.45, 2.75) is 31.8 Å². The van der Waals surface area contributed by atoms with Crippen LogP contribution in [0.15, 0.2) is 59.5 Å². The number of hydrogen-bond donors (Lipinski definition) is 0. The third-order valence-corrected chi connectivity index (χ3v) is 6.75. The first kappa shape index (κ1) is 16.9. The molecule has 0 atom stereocenters. The number of aryl methyl sites for hydroxylation is 1. The molecule has 4 nitrogen and oxygen atoms in total. The van der Waals surface area contributed by atoms with Crippen LogP contribution in [0.4, 0.5) is 0 Å². The van der Waals surface area contributed by atoms with Gasteiger partial charge >= 0.3 is 0 Å². The van der Waals surface area contributed by atoms with Gasteiger partial charge in [0, 0.05) is 18.7 Å². The highest BCUT2D eigenvalue weighted by atomic mass is 32.2. The molecule has 0 spiro atoms. The van der Waals surface area contributed by atoms with Gasteiger partial charge in [0.2, 0.25) is 10.0 Å². The fourth-order valence-corrected chi connectivity index (χ4v) is 5.01. The van der Waals surface area contributed by atoms with Gasteiger partial charge in [0.25, 0.3) is 0 Å². The quantitative estimate of drug-likeness (QED) is 0.658. The number of sulfonamides is 1. The summed E-state index contributed by atoms with van der Waals surface area (Å²) < 4.78 is 27.5. The Hall–Kier alpha value is -2.50. The average Bonchev–Trinajstić information content (AvgIpc) is 3.03. The van der Waals surface area contributed by atoms with E-state index in [1.807, 2.05) is 37.3 Å². The molecule has 0 radical (unpaired) electrons. The zero-order valence-electron chi connectivity index (χ0n) is 14.7. The Morgan fingerprint density at radius 2 is 1.69 bits per heavy atom. The highest BCUT2D eigenvalue weighted by Crippen LogP contribution is 2.35. The van der Waals surface area contributed by atoms with Crippen LogP contribution < -0.4 is 0 Å². The molecule has 0 fully saturated rings. The van der Waals surface area contributed by atoms with Crippen molar-refractivity contribution in [3.63, 3.8) is 0 Å². The van der Waals surface area contributed by atoms with E-state index in [1.165, 1.54) is 4.31 Å². The zero-order chi connectivity index (χ0) is 18.5. The average molecular weight is 365 g/mol. The molecule has 0 amide bonds. The minimum atomic E-state index is -3.60. The molecule has 0 aromatic heterocycles. The number of carbonyl (C=O) groups excluding carboxylic acids is 1. The Bertz CT molecular complexity index is 1130. The highest BCUT2D eigenvalue weighted by Gasteiger charge is 2.33. The normalized spacial score (nSPS) is 14.5. The van der Waals surface area contributed by atoms with Crippen molar-refractivity contribution in [2.75, 3.05) is 0 Å². The van der Waals surface area contributed by atoms with Gasteiger partial charge in [-0.25, -0.2) is 8.42 Å². The van der Waals surface area contributed by atoms with Crippen LogP contribution in [0.3, 0.4) is 0 Å². The van der Waals surface area contributed by atoms with Crippen LogP contribution in [0.5, 0.6) is 0 Å². The summed E-state index contributed by atoms with van der Waals surface area (Å²) in [6.45, 7) is 3.98. The fourth-order valence-electron chi connectivity index (χ4n) is 3.62. The van der Waals surface area contributed by atoms with Crippen LogP contribution in [-0.2, 0) is 23.1 Å². The monoisotopic (exact) mass is 365 g/mol. The minimum Gasteiger partial charge on any atom is -0.294 e. The number of fused-ring (bicyclic) bond motifs is 2. The number of carbonyl (C=O) groups is 1. The zero-order valence-corrected chi connectivity index (χ0v) is 15.5. The molecule has 0 saturated heterocycles. The number of ketones is 1. The minimum absolute atomic E-state index is 0.0346. The van der Waals surface area contributed by atoms with Gasteiger partial charge in [-0.15, -0.1) is 0 Å². The molecule has 1 aliphatic rings. The lowest BCUT2D eigenvalue weighted by Gasteiger charge is -2.16. The van der Waals surface area contributed by atoms with Gasteiger partial charge in [0.1, 0.15) is 0 Å². The summed E-state index contributed by atoms with van der Waals surface area (Å²) >= 11 is 0. The summed E-state index contributed by atoms with van der Waals surface area (Å²) in [6.07, 6.45) is 0. The summed E-state index contributed by atoms with van der Waals surface area (Å²) in [4.78, 5) is 12.6. The second-order valence-electron chi connectivity index (χ2n) is 6.75. The molecule has 3 aromatic rings. The third kappa shape index (κ3) is 2.64. The van der Waals surface area contributed by atoms with E-state index < -0.39 is 10.0 Å². The van der Waals surface area contributed by atoms with E-state index in [-0.39, 0.29) is 23.8 Å². The van der Waals surface area contributed by atoms with Gasteiger partial charge in [-0.3, -0.25) is 4.79 Å². The molecule has 0 saturated carbocycles. The van der Waals surface area contributed by atoms with Crippen LogP contribution in [0.2, 0.25) is 0 Å². The first-order valence-corrected chi connectivity index (χ1v) is 9.93. The Morgan fingerprint density at radius 3 is 2.38 bits per heavy atom. The lowest BCUT2D eigenvalue weighted by atomic mass is 9.93. The SMILES string of the molecule is CC(=O)c1c2c(cc3ccccc13)CN(S(=O)(=O)c1ccc(C)cc1)C2. The lowest BCUT2D eigenvalue weighted by molar-refractivity contribution is 0.101. The molecule has 0 unspecified atom stereocenters. The molecule has 0 aliphatic carbocycles. The van der Waals surface area contributed by atoms with Crippen LogP contribution in [-0.4, -0.2) is 18.5 Å². The lowest BCUT2D eigenvalue weighted by Crippen LogP contribution is -2.25. The van der Waals surface area contributed by atoms with Crippen LogP contribution in [0.25, 0.3) is 10.8 Å². The molecular weight excluding hydrogens is 346 g/mol. The second kappa shape index (κ2) is 6.04. The van der Waals surface area contributed by atoms with E-state index >= 15 is 0 Å². The summed E-state index contributed by atoms with van der Waals surface area (Å²) in [7, 11) is -3.60. The van der Waals surface area contributed by atoms with E-state index in [9.17, 15) is 13.2 Å². The Labute approximate surface area is 153 Å². The summed E-state index contributed by atoms with van der Waals surface area (Å²) in [5.74, 6) is -0.0346. The van der Waals surface area contributed by atoms with Gasteiger partial charge in [0.15, 0.2) is 5.78 Å². The molecular formula is C21H19NO3S.